The summed E-state index contributed by atoms with van der Waals surface area (Å²) in [4.78, 5) is 18.3. The molecule has 0 bridgehead atoms. The molecule has 0 aromatic heterocycles. The van der Waals surface area contributed by atoms with Crippen LogP contribution < -0.4 is 10.6 Å². The highest BCUT2D eigenvalue weighted by molar-refractivity contribution is 14.0. The highest BCUT2D eigenvalue weighted by Crippen LogP contribution is 2.36. The van der Waals surface area contributed by atoms with Crippen LogP contribution in [0, 0.1) is 17.0 Å². The van der Waals surface area contributed by atoms with E-state index in [1.54, 1.807) is 0 Å². The van der Waals surface area contributed by atoms with Crippen molar-refractivity contribution < 1.29 is 13.6 Å². The van der Waals surface area contributed by atoms with Gasteiger partial charge in [-0.25, -0.2) is 13.8 Å². The fourth-order valence-electron chi connectivity index (χ4n) is 3.66. The molecular formula is C18H25F2IN4O. The number of rotatable bonds is 3. The highest BCUT2D eigenvalue weighted by Gasteiger charge is 2.42. The molecule has 2 saturated heterocycles. The molecule has 144 valence electrons. The molecule has 2 aliphatic heterocycles. The Morgan fingerprint density at radius 3 is 2.88 bits per heavy atom. The molecule has 5 nitrogen and oxygen atoms in total. The maximum Gasteiger partial charge on any atom is 0.220 e. The Morgan fingerprint density at radius 1 is 1.42 bits per heavy atom. The average molecular weight is 478 g/mol. The number of hydrogen-bond acceptors (Lipinski definition) is 2. The van der Waals surface area contributed by atoms with Crippen LogP contribution in [0.1, 0.15) is 31.7 Å². The van der Waals surface area contributed by atoms with Gasteiger partial charge in [0.2, 0.25) is 5.91 Å². The minimum Gasteiger partial charge on any atom is -0.357 e. The summed E-state index contributed by atoms with van der Waals surface area (Å²) in [5, 5.41) is 6.18. The van der Waals surface area contributed by atoms with Crippen molar-refractivity contribution in [1.29, 1.82) is 0 Å². The number of benzene rings is 1. The molecule has 2 heterocycles. The molecule has 0 saturated carbocycles. The van der Waals surface area contributed by atoms with E-state index < -0.39 is 11.6 Å². The zero-order valence-corrected chi connectivity index (χ0v) is 17.2. The lowest BCUT2D eigenvalue weighted by atomic mass is 9.79. The number of piperidine rings is 1. The topological polar surface area (TPSA) is 56.7 Å². The predicted octanol–water partition coefficient (Wildman–Crippen LogP) is 2.65. The van der Waals surface area contributed by atoms with Crippen LogP contribution in [0.4, 0.5) is 8.78 Å². The number of amides is 1. The second kappa shape index (κ2) is 8.96. The highest BCUT2D eigenvalue weighted by atomic mass is 127. The third kappa shape index (κ3) is 4.83. The summed E-state index contributed by atoms with van der Waals surface area (Å²) in [6.45, 7) is 5.14. The number of nitrogens with zero attached hydrogens (tertiary/aromatic N) is 2. The first-order valence-electron chi connectivity index (χ1n) is 8.75. The van der Waals surface area contributed by atoms with E-state index in [9.17, 15) is 13.6 Å². The van der Waals surface area contributed by atoms with Gasteiger partial charge in [0, 0.05) is 49.6 Å². The van der Waals surface area contributed by atoms with Gasteiger partial charge in [-0.2, -0.15) is 0 Å². The Morgan fingerprint density at radius 2 is 2.23 bits per heavy atom. The van der Waals surface area contributed by atoms with Crippen molar-refractivity contribution in [3.8, 4) is 0 Å². The number of aliphatic imine (C=N–C) groups is 1. The largest absolute Gasteiger partial charge is 0.357 e. The van der Waals surface area contributed by atoms with Gasteiger partial charge in [0.1, 0.15) is 11.6 Å². The van der Waals surface area contributed by atoms with E-state index in [1.165, 1.54) is 12.1 Å². The SMILES string of the molecule is CCNC(=NCc1ccc(F)cc1F)N1CCCC2(CNC(=O)C2)C1.I. The van der Waals surface area contributed by atoms with Crippen LogP contribution in [0.25, 0.3) is 0 Å². The zero-order valence-electron chi connectivity index (χ0n) is 14.9. The first kappa shape index (κ1) is 20.9. The second-order valence-corrected chi connectivity index (χ2v) is 6.88. The lowest BCUT2D eigenvalue weighted by molar-refractivity contribution is -0.119. The van der Waals surface area contributed by atoms with Gasteiger partial charge in [0.15, 0.2) is 5.96 Å². The van der Waals surface area contributed by atoms with Crippen LogP contribution in [-0.4, -0.2) is 42.9 Å². The quantitative estimate of drug-likeness (QED) is 0.399. The second-order valence-electron chi connectivity index (χ2n) is 6.88. The molecule has 1 spiro atoms. The van der Waals surface area contributed by atoms with Crippen molar-refractivity contribution in [2.45, 2.75) is 32.7 Å². The lowest BCUT2D eigenvalue weighted by Gasteiger charge is -2.40. The van der Waals surface area contributed by atoms with Crippen LogP contribution in [0.15, 0.2) is 23.2 Å². The molecule has 1 unspecified atom stereocenters. The third-order valence-electron chi connectivity index (χ3n) is 4.91. The van der Waals surface area contributed by atoms with Gasteiger partial charge in [-0.05, 0) is 25.8 Å². The minimum atomic E-state index is -0.589. The Labute approximate surface area is 169 Å². The van der Waals surface area contributed by atoms with Crippen LogP contribution in [-0.2, 0) is 11.3 Å². The van der Waals surface area contributed by atoms with Crippen LogP contribution >= 0.6 is 24.0 Å². The molecule has 0 aliphatic carbocycles. The summed E-state index contributed by atoms with van der Waals surface area (Å²) in [7, 11) is 0. The Balaban J connectivity index is 0.00000243. The van der Waals surface area contributed by atoms with E-state index in [2.05, 4.69) is 20.5 Å². The summed E-state index contributed by atoms with van der Waals surface area (Å²) in [6.07, 6.45) is 2.56. The predicted molar refractivity (Wildman–Crippen MR) is 107 cm³/mol. The summed E-state index contributed by atoms with van der Waals surface area (Å²) in [5.41, 5.74) is 0.327. The maximum atomic E-state index is 13.8. The van der Waals surface area contributed by atoms with E-state index in [1.807, 2.05) is 6.92 Å². The molecule has 26 heavy (non-hydrogen) atoms. The Kier molecular flexibility index (Phi) is 7.19. The number of nitrogens with one attached hydrogen (secondary N) is 2. The fourth-order valence-corrected chi connectivity index (χ4v) is 3.66. The smallest absolute Gasteiger partial charge is 0.220 e. The first-order valence-corrected chi connectivity index (χ1v) is 8.75. The minimum absolute atomic E-state index is 0. The number of guanidine groups is 1. The van der Waals surface area contributed by atoms with E-state index in [4.69, 9.17) is 0 Å². The molecule has 2 N–H and O–H groups in total. The molecule has 2 fully saturated rings. The summed E-state index contributed by atoms with van der Waals surface area (Å²) < 4.78 is 26.9. The average Bonchev–Trinajstić information content (AvgIpc) is 2.93. The molecule has 1 atom stereocenters. The van der Waals surface area contributed by atoms with Gasteiger partial charge >= 0.3 is 0 Å². The summed E-state index contributed by atoms with van der Waals surface area (Å²) in [6, 6.07) is 3.55. The van der Waals surface area contributed by atoms with Crippen LogP contribution in [0.5, 0.6) is 0 Å². The van der Waals surface area contributed by atoms with Gasteiger partial charge in [0.25, 0.3) is 0 Å². The van der Waals surface area contributed by atoms with Crippen LogP contribution in [0.2, 0.25) is 0 Å². The normalized spacial score (nSPS) is 23.0. The van der Waals surface area contributed by atoms with E-state index in [0.717, 1.165) is 32.0 Å². The van der Waals surface area contributed by atoms with E-state index in [-0.39, 0.29) is 41.8 Å². The number of hydrogen-bond donors (Lipinski definition) is 2. The molecule has 0 radical (unpaired) electrons. The molecule has 1 aromatic carbocycles. The first-order chi connectivity index (χ1) is 12.0. The number of halogens is 3. The lowest BCUT2D eigenvalue weighted by Crippen LogP contribution is -2.51. The monoisotopic (exact) mass is 478 g/mol. The number of likely N-dealkylation sites (tertiary alicyclic amines) is 1. The standard InChI is InChI=1S/C18H24F2N4O.HI/c1-2-21-17(22-10-13-4-5-14(19)8-15(13)20)24-7-3-6-18(12-24)9-16(25)23-11-18;/h4-5,8H,2-3,6-7,9-12H2,1H3,(H,21,22)(H,23,25);1H. The molecule has 8 heteroatoms. The van der Waals surface area contributed by atoms with Gasteiger partial charge in [-0.1, -0.05) is 6.07 Å². The van der Waals surface area contributed by atoms with Crippen molar-refractivity contribution in [2.24, 2.45) is 10.4 Å². The van der Waals surface area contributed by atoms with Crippen molar-refractivity contribution in [1.82, 2.24) is 15.5 Å². The number of carbonyl (C=O) groups excluding carboxylic acids is 1. The maximum absolute atomic E-state index is 13.8. The Bertz CT molecular complexity index is 685. The summed E-state index contributed by atoms with van der Waals surface area (Å²) >= 11 is 0. The van der Waals surface area contributed by atoms with Crippen molar-refractivity contribution in [2.75, 3.05) is 26.2 Å². The molecular weight excluding hydrogens is 453 g/mol. The van der Waals surface area contributed by atoms with Crippen molar-refractivity contribution >= 4 is 35.8 Å². The van der Waals surface area contributed by atoms with Gasteiger partial charge in [-0.3, -0.25) is 4.79 Å². The fraction of sp³-hybridized carbons (Fsp3) is 0.556. The number of carbonyl (C=O) groups is 1. The van der Waals surface area contributed by atoms with E-state index in [0.29, 0.717) is 31.0 Å². The molecule has 2 aliphatic rings. The van der Waals surface area contributed by atoms with Crippen molar-refractivity contribution in [3.63, 3.8) is 0 Å². The molecule has 3 rings (SSSR count). The zero-order chi connectivity index (χ0) is 17.9. The van der Waals surface area contributed by atoms with Gasteiger partial charge in [-0.15, -0.1) is 24.0 Å². The summed E-state index contributed by atoms with van der Waals surface area (Å²) in [5.74, 6) is -0.351. The third-order valence-corrected chi connectivity index (χ3v) is 4.91. The van der Waals surface area contributed by atoms with Crippen molar-refractivity contribution in [3.05, 3.63) is 35.4 Å². The van der Waals surface area contributed by atoms with Gasteiger partial charge in [0.05, 0.1) is 6.54 Å². The molecule has 1 amide bonds. The van der Waals surface area contributed by atoms with Crippen LogP contribution in [0.3, 0.4) is 0 Å². The van der Waals surface area contributed by atoms with Gasteiger partial charge < -0.3 is 15.5 Å². The van der Waals surface area contributed by atoms with E-state index >= 15 is 0 Å². The Hall–Kier alpha value is -1.45. The molecule has 1 aromatic rings.